The summed E-state index contributed by atoms with van der Waals surface area (Å²) < 4.78 is 4.95. The van der Waals surface area contributed by atoms with Crippen LogP contribution in [0.5, 0.6) is 0 Å². The molecule has 1 aromatic carbocycles. The van der Waals surface area contributed by atoms with Gasteiger partial charge in [0.2, 0.25) is 5.91 Å². The van der Waals surface area contributed by atoms with Crippen molar-refractivity contribution in [2.24, 2.45) is 4.99 Å². The van der Waals surface area contributed by atoms with Gasteiger partial charge in [-0.15, -0.1) is 24.0 Å². The molecule has 8 heteroatoms. The van der Waals surface area contributed by atoms with Crippen molar-refractivity contribution in [3.8, 4) is 0 Å². The maximum Gasteiger partial charge on any atom is 0.226 e. The van der Waals surface area contributed by atoms with Crippen LogP contribution in [0.25, 0.3) is 0 Å². The largest absolute Gasteiger partial charge is 0.383 e. The minimum Gasteiger partial charge on any atom is -0.383 e. The predicted octanol–water partition coefficient (Wildman–Crippen LogP) is 2.41. The van der Waals surface area contributed by atoms with E-state index in [1.165, 1.54) is 0 Å². The third kappa shape index (κ3) is 8.38. The number of methoxy groups -OCH3 is 1. The highest BCUT2D eigenvalue weighted by Gasteiger charge is 2.07. The lowest BCUT2D eigenvalue weighted by Gasteiger charge is -2.12. The number of anilines is 1. The quantitative estimate of drug-likeness (QED) is 0.256. The zero-order valence-corrected chi connectivity index (χ0v) is 16.7. The molecule has 0 bridgehead atoms. The molecule has 6 nitrogen and oxygen atoms in total. The van der Waals surface area contributed by atoms with Gasteiger partial charge < -0.3 is 20.7 Å². The average molecular weight is 455 g/mol. The van der Waals surface area contributed by atoms with Crippen LogP contribution in [0.4, 0.5) is 5.69 Å². The zero-order chi connectivity index (χ0) is 16.4. The second kappa shape index (κ2) is 12.4. The molecular formula is C15H24ClIN4O2. The number of ether oxygens (including phenoxy) is 1. The highest BCUT2D eigenvalue weighted by molar-refractivity contribution is 14.0. The van der Waals surface area contributed by atoms with Gasteiger partial charge in [0.25, 0.3) is 0 Å². The summed E-state index contributed by atoms with van der Waals surface area (Å²) >= 11 is 6.02. The van der Waals surface area contributed by atoms with E-state index in [9.17, 15) is 4.79 Å². The van der Waals surface area contributed by atoms with Crippen LogP contribution in [0.15, 0.2) is 23.2 Å². The predicted molar refractivity (Wildman–Crippen MR) is 106 cm³/mol. The molecule has 0 aliphatic rings. The van der Waals surface area contributed by atoms with Crippen LogP contribution in [0.1, 0.15) is 12.0 Å². The van der Waals surface area contributed by atoms with Crippen molar-refractivity contribution in [3.05, 3.63) is 28.8 Å². The number of benzene rings is 1. The molecular weight excluding hydrogens is 431 g/mol. The fourth-order valence-corrected chi connectivity index (χ4v) is 1.92. The number of hydrogen-bond donors (Lipinski definition) is 3. The standard InChI is InChI=1S/C15H23ClN4O2.HI/c1-11-12(16)5-4-6-13(11)20-14(21)7-8-18-15(17-2)19-9-10-22-3;/h4-6H,7-10H2,1-3H3,(H,20,21)(H2,17,18,19);1H. The fourth-order valence-electron chi connectivity index (χ4n) is 1.74. The highest BCUT2D eigenvalue weighted by atomic mass is 127. The minimum atomic E-state index is -0.0785. The number of halogens is 2. The molecule has 130 valence electrons. The second-order valence-electron chi connectivity index (χ2n) is 4.63. The number of aliphatic imine (C=N–C) groups is 1. The summed E-state index contributed by atoms with van der Waals surface area (Å²) in [6.45, 7) is 3.61. The van der Waals surface area contributed by atoms with Gasteiger partial charge in [-0.2, -0.15) is 0 Å². The highest BCUT2D eigenvalue weighted by Crippen LogP contribution is 2.22. The summed E-state index contributed by atoms with van der Waals surface area (Å²) in [5.41, 5.74) is 1.60. The minimum absolute atomic E-state index is 0. The van der Waals surface area contributed by atoms with Gasteiger partial charge in [-0.3, -0.25) is 9.79 Å². The van der Waals surface area contributed by atoms with E-state index < -0.39 is 0 Å². The maximum absolute atomic E-state index is 11.9. The lowest BCUT2D eigenvalue weighted by atomic mass is 10.2. The summed E-state index contributed by atoms with van der Waals surface area (Å²) in [5.74, 6) is 0.564. The average Bonchev–Trinajstić information content (AvgIpc) is 2.50. The van der Waals surface area contributed by atoms with Crippen molar-refractivity contribution in [1.29, 1.82) is 0 Å². The molecule has 0 spiro atoms. The van der Waals surface area contributed by atoms with Crippen molar-refractivity contribution < 1.29 is 9.53 Å². The summed E-state index contributed by atoms with van der Waals surface area (Å²) in [4.78, 5) is 16.0. The molecule has 3 N–H and O–H groups in total. The molecule has 0 heterocycles. The van der Waals surface area contributed by atoms with Crippen LogP contribution in [0.3, 0.4) is 0 Å². The summed E-state index contributed by atoms with van der Waals surface area (Å²) in [7, 11) is 3.32. The van der Waals surface area contributed by atoms with Crippen LogP contribution in [0.2, 0.25) is 5.02 Å². The molecule has 0 aliphatic heterocycles. The molecule has 0 radical (unpaired) electrons. The Bertz CT molecular complexity index is 526. The summed E-state index contributed by atoms with van der Waals surface area (Å²) in [6.07, 6.45) is 0.330. The molecule has 0 saturated heterocycles. The van der Waals surface area contributed by atoms with Gasteiger partial charge in [-0.25, -0.2) is 0 Å². The van der Waals surface area contributed by atoms with E-state index >= 15 is 0 Å². The number of rotatable bonds is 7. The second-order valence-corrected chi connectivity index (χ2v) is 5.04. The van der Waals surface area contributed by atoms with Crippen LogP contribution in [-0.4, -0.2) is 45.7 Å². The van der Waals surface area contributed by atoms with Crippen molar-refractivity contribution in [1.82, 2.24) is 10.6 Å². The van der Waals surface area contributed by atoms with Gasteiger partial charge in [-0.1, -0.05) is 17.7 Å². The SMILES string of the molecule is CN=C(NCCOC)NCCC(=O)Nc1cccc(Cl)c1C.I. The smallest absolute Gasteiger partial charge is 0.226 e. The van der Waals surface area contributed by atoms with E-state index in [0.29, 0.717) is 37.1 Å². The van der Waals surface area contributed by atoms with Crippen molar-refractivity contribution in [2.75, 3.05) is 39.2 Å². The third-order valence-electron chi connectivity index (χ3n) is 3.01. The summed E-state index contributed by atoms with van der Waals surface area (Å²) in [6, 6.07) is 5.44. The zero-order valence-electron chi connectivity index (χ0n) is 13.6. The number of carbonyl (C=O) groups is 1. The Morgan fingerprint density at radius 1 is 1.30 bits per heavy atom. The first-order chi connectivity index (χ1) is 10.6. The molecule has 0 unspecified atom stereocenters. The van der Waals surface area contributed by atoms with E-state index in [4.69, 9.17) is 16.3 Å². The number of carbonyl (C=O) groups excluding carboxylic acids is 1. The molecule has 0 aromatic heterocycles. The van der Waals surface area contributed by atoms with Crippen molar-refractivity contribution in [2.45, 2.75) is 13.3 Å². The normalized spacial score (nSPS) is 10.7. The van der Waals surface area contributed by atoms with Gasteiger partial charge in [0.15, 0.2) is 5.96 Å². The Morgan fingerprint density at radius 2 is 2.00 bits per heavy atom. The Morgan fingerprint density at radius 3 is 2.65 bits per heavy atom. The fraction of sp³-hybridized carbons (Fsp3) is 0.467. The molecule has 0 fully saturated rings. The molecule has 0 aliphatic carbocycles. The lowest BCUT2D eigenvalue weighted by Crippen LogP contribution is -2.40. The Hall–Kier alpha value is -1.06. The summed E-state index contributed by atoms with van der Waals surface area (Å²) in [5, 5.41) is 9.63. The van der Waals surface area contributed by atoms with Crippen LogP contribution >= 0.6 is 35.6 Å². The number of hydrogen-bond acceptors (Lipinski definition) is 3. The van der Waals surface area contributed by atoms with E-state index in [1.807, 2.05) is 19.1 Å². The van der Waals surface area contributed by atoms with Crippen LogP contribution in [-0.2, 0) is 9.53 Å². The van der Waals surface area contributed by atoms with E-state index in [-0.39, 0.29) is 29.9 Å². The lowest BCUT2D eigenvalue weighted by molar-refractivity contribution is -0.116. The number of amides is 1. The Labute approximate surface area is 159 Å². The van der Waals surface area contributed by atoms with Gasteiger partial charge in [0, 0.05) is 44.4 Å². The van der Waals surface area contributed by atoms with Crippen molar-refractivity contribution in [3.63, 3.8) is 0 Å². The monoisotopic (exact) mass is 454 g/mol. The van der Waals surface area contributed by atoms with Crippen LogP contribution < -0.4 is 16.0 Å². The van der Waals surface area contributed by atoms with E-state index in [0.717, 1.165) is 11.3 Å². The van der Waals surface area contributed by atoms with Crippen LogP contribution in [0, 0.1) is 6.92 Å². The number of nitrogens with zero attached hydrogens (tertiary/aromatic N) is 1. The molecule has 1 amide bonds. The van der Waals surface area contributed by atoms with Gasteiger partial charge in [0.1, 0.15) is 0 Å². The van der Waals surface area contributed by atoms with E-state index in [2.05, 4.69) is 20.9 Å². The molecule has 0 atom stereocenters. The first kappa shape index (κ1) is 21.9. The van der Waals surface area contributed by atoms with Gasteiger partial charge >= 0.3 is 0 Å². The van der Waals surface area contributed by atoms with E-state index in [1.54, 1.807) is 20.2 Å². The number of nitrogens with one attached hydrogen (secondary N) is 3. The van der Waals surface area contributed by atoms with Crippen molar-refractivity contribution >= 4 is 53.1 Å². The molecule has 23 heavy (non-hydrogen) atoms. The van der Waals surface area contributed by atoms with Gasteiger partial charge in [-0.05, 0) is 24.6 Å². The molecule has 1 aromatic rings. The first-order valence-corrected chi connectivity index (χ1v) is 7.44. The Kier molecular flexibility index (Phi) is 11.8. The number of guanidine groups is 1. The Balaban J connectivity index is 0.00000484. The first-order valence-electron chi connectivity index (χ1n) is 7.07. The maximum atomic E-state index is 11.9. The van der Waals surface area contributed by atoms with Gasteiger partial charge in [0.05, 0.1) is 6.61 Å². The molecule has 1 rings (SSSR count). The molecule has 0 saturated carbocycles. The third-order valence-corrected chi connectivity index (χ3v) is 3.42. The topological polar surface area (TPSA) is 74.8 Å².